The zero-order valence-electron chi connectivity index (χ0n) is 4.89. The molecular weight excluding hydrogens is 366 g/mol. The molecule has 0 heterocycles. The van der Waals surface area contributed by atoms with Crippen molar-refractivity contribution in [3.05, 3.63) is 30.3 Å². The third kappa shape index (κ3) is 1.97. The van der Waals surface area contributed by atoms with Crippen molar-refractivity contribution in [3.63, 3.8) is 0 Å². The summed E-state index contributed by atoms with van der Waals surface area (Å²) in [7, 11) is 0. The molecule has 0 unspecified atom stereocenters. The van der Waals surface area contributed by atoms with Crippen LogP contribution in [0.15, 0.2) is 13.4 Å². The van der Waals surface area contributed by atoms with E-state index in [9.17, 15) is 4.39 Å². The summed E-state index contributed by atoms with van der Waals surface area (Å²) in [6.07, 6.45) is 0. The SMILES string of the molecule is Fc1c(Cl)c(Br)[c]c(Br)c1Br. The van der Waals surface area contributed by atoms with E-state index in [0.29, 0.717) is 8.95 Å². The Morgan fingerprint density at radius 3 is 2.27 bits per heavy atom. The van der Waals surface area contributed by atoms with Crippen LogP contribution in [0.4, 0.5) is 4.39 Å². The van der Waals surface area contributed by atoms with Crippen molar-refractivity contribution < 1.29 is 4.39 Å². The van der Waals surface area contributed by atoms with E-state index in [4.69, 9.17) is 11.6 Å². The predicted molar refractivity (Wildman–Crippen MR) is 53.3 cm³/mol. The fraction of sp³-hybridized carbons (Fsp3) is 0. The van der Waals surface area contributed by atoms with Crippen LogP contribution in [0.2, 0.25) is 5.02 Å². The number of halogens is 5. The van der Waals surface area contributed by atoms with Crippen LogP contribution >= 0.6 is 59.4 Å². The summed E-state index contributed by atoms with van der Waals surface area (Å²) in [4.78, 5) is 0. The molecule has 0 saturated carbocycles. The van der Waals surface area contributed by atoms with Crippen LogP contribution < -0.4 is 0 Å². The molecule has 59 valence electrons. The molecule has 0 spiro atoms. The molecule has 0 aliphatic heterocycles. The number of hydrogen-bond donors (Lipinski definition) is 0. The first-order chi connectivity index (χ1) is 5.04. The van der Waals surface area contributed by atoms with E-state index in [2.05, 4.69) is 53.9 Å². The Balaban J connectivity index is 3.46. The van der Waals surface area contributed by atoms with Gasteiger partial charge in [-0.05, 0) is 47.8 Å². The summed E-state index contributed by atoms with van der Waals surface area (Å²) in [5.74, 6) is -0.496. The zero-order chi connectivity index (χ0) is 8.59. The van der Waals surface area contributed by atoms with E-state index in [1.165, 1.54) is 0 Å². The lowest BCUT2D eigenvalue weighted by Gasteiger charge is -2.01. The van der Waals surface area contributed by atoms with Crippen LogP contribution in [0.3, 0.4) is 0 Å². The van der Waals surface area contributed by atoms with Crippen molar-refractivity contribution >= 4 is 59.4 Å². The molecule has 0 aliphatic rings. The molecule has 1 aromatic rings. The minimum atomic E-state index is -0.496. The standard InChI is InChI=1S/C6Br3ClF/c7-2-1-3(8)5(10)6(11)4(2)9. The monoisotopic (exact) mass is 363 g/mol. The Hall–Kier alpha value is 0.880. The molecule has 0 aliphatic carbocycles. The Bertz CT molecular complexity index is 274. The van der Waals surface area contributed by atoms with Gasteiger partial charge in [-0.1, -0.05) is 11.6 Å². The van der Waals surface area contributed by atoms with Crippen LogP contribution in [0.1, 0.15) is 0 Å². The van der Waals surface area contributed by atoms with Gasteiger partial charge in [0.15, 0.2) is 5.82 Å². The van der Waals surface area contributed by atoms with Crippen LogP contribution in [-0.2, 0) is 0 Å². The van der Waals surface area contributed by atoms with E-state index >= 15 is 0 Å². The summed E-state index contributed by atoms with van der Waals surface area (Å²) in [5, 5.41) is 0.0278. The highest BCUT2D eigenvalue weighted by atomic mass is 79.9. The molecule has 0 N–H and O–H groups in total. The lowest BCUT2D eigenvalue weighted by Crippen LogP contribution is -1.83. The average molecular weight is 366 g/mol. The summed E-state index contributed by atoms with van der Waals surface area (Å²) in [5.41, 5.74) is 0. The molecule has 1 aromatic carbocycles. The zero-order valence-corrected chi connectivity index (χ0v) is 10.4. The van der Waals surface area contributed by atoms with Gasteiger partial charge in [0.25, 0.3) is 0 Å². The summed E-state index contributed by atoms with van der Waals surface area (Å²) in [6.45, 7) is 0. The van der Waals surface area contributed by atoms with Gasteiger partial charge in [-0.3, -0.25) is 0 Å². The van der Waals surface area contributed by atoms with Gasteiger partial charge in [-0.25, -0.2) is 4.39 Å². The van der Waals surface area contributed by atoms with E-state index in [1.54, 1.807) is 0 Å². The van der Waals surface area contributed by atoms with Crippen LogP contribution in [0.25, 0.3) is 0 Å². The molecule has 11 heavy (non-hydrogen) atoms. The lowest BCUT2D eigenvalue weighted by molar-refractivity contribution is 0.619. The first kappa shape index (κ1) is 9.96. The molecule has 5 heteroatoms. The molecule has 0 bridgehead atoms. The quantitative estimate of drug-likeness (QED) is 0.466. The number of rotatable bonds is 0. The summed E-state index contributed by atoms with van der Waals surface area (Å²) >= 11 is 14.7. The summed E-state index contributed by atoms with van der Waals surface area (Å²) in [6, 6.07) is 2.76. The minimum absolute atomic E-state index is 0.0278. The van der Waals surface area contributed by atoms with Crippen LogP contribution in [0, 0.1) is 11.9 Å². The van der Waals surface area contributed by atoms with Crippen molar-refractivity contribution in [2.45, 2.75) is 0 Å². The van der Waals surface area contributed by atoms with Crippen LogP contribution in [0.5, 0.6) is 0 Å². The maximum atomic E-state index is 13.0. The highest BCUT2D eigenvalue weighted by Gasteiger charge is 2.12. The largest absolute Gasteiger partial charge is 0.204 e. The molecule has 1 rings (SSSR count). The fourth-order valence-corrected chi connectivity index (χ4v) is 2.06. The van der Waals surface area contributed by atoms with Gasteiger partial charge in [0.05, 0.1) is 9.50 Å². The molecule has 0 nitrogen and oxygen atoms in total. The maximum Gasteiger partial charge on any atom is 0.158 e. The second-order valence-electron chi connectivity index (χ2n) is 1.69. The van der Waals surface area contributed by atoms with E-state index in [0.717, 1.165) is 0 Å². The molecule has 0 saturated heterocycles. The first-order valence-corrected chi connectivity index (χ1v) is 5.20. The van der Waals surface area contributed by atoms with Crippen molar-refractivity contribution in [2.75, 3.05) is 0 Å². The van der Waals surface area contributed by atoms with Gasteiger partial charge >= 0.3 is 0 Å². The van der Waals surface area contributed by atoms with Gasteiger partial charge in [-0.15, -0.1) is 0 Å². The van der Waals surface area contributed by atoms with E-state index in [-0.39, 0.29) is 9.50 Å². The minimum Gasteiger partial charge on any atom is -0.204 e. The maximum absolute atomic E-state index is 13.0. The molecule has 0 atom stereocenters. The smallest absolute Gasteiger partial charge is 0.158 e. The van der Waals surface area contributed by atoms with Crippen molar-refractivity contribution in [2.24, 2.45) is 0 Å². The van der Waals surface area contributed by atoms with Gasteiger partial charge in [-0.2, -0.15) is 0 Å². The predicted octanol–water partition coefficient (Wildman–Crippen LogP) is 4.57. The van der Waals surface area contributed by atoms with E-state index < -0.39 is 5.82 Å². The number of benzene rings is 1. The third-order valence-electron chi connectivity index (χ3n) is 0.990. The normalized spacial score (nSPS) is 10.3. The molecular formula is C6Br3ClF. The highest BCUT2D eigenvalue weighted by molar-refractivity contribution is 9.13. The van der Waals surface area contributed by atoms with Gasteiger partial charge in [0, 0.05) is 15.0 Å². The second kappa shape index (κ2) is 3.73. The van der Waals surface area contributed by atoms with Crippen molar-refractivity contribution in [1.82, 2.24) is 0 Å². The Morgan fingerprint density at radius 1 is 1.18 bits per heavy atom. The van der Waals surface area contributed by atoms with E-state index in [1.807, 2.05) is 0 Å². The Morgan fingerprint density at radius 2 is 1.73 bits per heavy atom. The Kier molecular flexibility index (Phi) is 3.38. The van der Waals surface area contributed by atoms with Gasteiger partial charge in [0.2, 0.25) is 0 Å². The fourth-order valence-electron chi connectivity index (χ4n) is 0.495. The van der Waals surface area contributed by atoms with Crippen molar-refractivity contribution in [1.29, 1.82) is 0 Å². The second-order valence-corrected chi connectivity index (χ2v) is 4.45. The molecule has 0 aromatic heterocycles. The van der Waals surface area contributed by atoms with Gasteiger partial charge in [0.1, 0.15) is 0 Å². The molecule has 1 radical (unpaired) electrons. The third-order valence-corrected chi connectivity index (χ3v) is 4.04. The Labute approximate surface area is 93.5 Å². The number of hydrogen-bond acceptors (Lipinski definition) is 0. The first-order valence-electron chi connectivity index (χ1n) is 2.44. The van der Waals surface area contributed by atoms with Crippen LogP contribution in [-0.4, -0.2) is 0 Å². The molecule has 0 fully saturated rings. The highest BCUT2D eigenvalue weighted by Crippen LogP contribution is 2.35. The lowest BCUT2D eigenvalue weighted by atomic mass is 10.3. The van der Waals surface area contributed by atoms with Gasteiger partial charge < -0.3 is 0 Å². The summed E-state index contributed by atoms with van der Waals surface area (Å²) < 4.78 is 14.2. The topological polar surface area (TPSA) is 0 Å². The van der Waals surface area contributed by atoms with Crippen molar-refractivity contribution in [3.8, 4) is 0 Å². The average Bonchev–Trinajstić information content (AvgIpc) is 1.97. The molecule has 0 amide bonds.